The number of pyridine rings is 1. The minimum atomic E-state index is -0.250. The first-order valence-electron chi connectivity index (χ1n) is 8.04. The fourth-order valence-corrected chi connectivity index (χ4v) is 5.79. The summed E-state index contributed by atoms with van der Waals surface area (Å²) in [6.45, 7) is 1.21. The van der Waals surface area contributed by atoms with E-state index < -0.39 is 0 Å². The van der Waals surface area contributed by atoms with Crippen molar-refractivity contribution in [3.63, 3.8) is 0 Å². The number of anilines is 1. The van der Waals surface area contributed by atoms with E-state index in [1.54, 1.807) is 22.7 Å². The second kappa shape index (κ2) is 9.31. The Bertz CT molecular complexity index is 920. The predicted molar refractivity (Wildman–Crippen MR) is 114 cm³/mol. The second-order valence-corrected chi connectivity index (χ2v) is 9.00. The van der Waals surface area contributed by atoms with Crippen LogP contribution in [0.5, 0.6) is 0 Å². The average molecular weight is 491 g/mol. The standard InChI is InChI=1S/C16H15BrClN3OS2.CH2O2/c17-12-13-15(24-16(12)14-9(19)3-4-22-14)10(6-11(18)21-13)20-7-8-2-1-5-23-8;2-1-3/h1-2,5-6,9,14H,3-4,7,19H2,(H,20,21);1H,(H,2,3)/t9-,14+;/m0./s1. The number of nitrogens with zero attached hydrogens (tertiary/aromatic N) is 1. The maximum Gasteiger partial charge on any atom is 0.290 e. The zero-order valence-electron chi connectivity index (χ0n) is 14.0. The number of rotatable bonds is 4. The van der Waals surface area contributed by atoms with E-state index in [-0.39, 0.29) is 18.6 Å². The Morgan fingerprint density at radius 1 is 1.56 bits per heavy atom. The molecule has 1 aliphatic heterocycles. The van der Waals surface area contributed by atoms with Crippen LogP contribution < -0.4 is 11.1 Å². The topological polar surface area (TPSA) is 97.5 Å². The molecule has 1 aliphatic rings. The minimum absolute atomic E-state index is 0.0207. The van der Waals surface area contributed by atoms with Crippen molar-refractivity contribution in [1.29, 1.82) is 0 Å². The van der Waals surface area contributed by atoms with Crippen LogP contribution in [0.25, 0.3) is 10.2 Å². The summed E-state index contributed by atoms with van der Waals surface area (Å²) in [7, 11) is 0. The lowest BCUT2D eigenvalue weighted by Gasteiger charge is -2.12. The zero-order chi connectivity index (χ0) is 19.4. The van der Waals surface area contributed by atoms with Crippen molar-refractivity contribution in [3.8, 4) is 0 Å². The molecule has 0 radical (unpaired) electrons. The SMILES string of the molecule is N[C@H]1CCO[C@H]1c1sc2c(NCc3cccs3)cc(Cl)nc2c1Br.O=CO. The highest BCUT2D eigenvalue weighted by Crippen LogP contribution is 2.45. The van der Waals surface area contributed by atoms with Gasteiger partial charge >= 0.3 is 0 Å². The monoisotopic (exact) mass is 489 g/mol. The number of hydrogen-bond donors (Lipinski definition) is 3. The smallest absolute Gasteiger partial charge is 0.290 e. The van der Waals surface area contributed by atoms with Crippen molar-refractivity contribution in [3.05, 3.63) is 43.0 Å². The van der Waals surface area contributed by atoms with Gasteiger partial charge in [-0.3, -0.25) is 4.79 Å². The molecule has 0 amide bonds. The number of ether oxygens (including phenoxy) is 1. The summed E-state index contributed by atoms with van der Waals surface area (Å²) in [6.07, 6.45) is 0.797. The zero-order valence-corrected chi connectivity index (χ0v) is 18.0. The molecule has 4 N–H and O–H groups in total. The Balaban J connectivity index is 0.000000659. The van der Waals surface area contributed by atoms with Crippen LogP contribution in [0.3, 0.4) is 0 Å². The van der Waals surface area contributed by atoms with E-state index in [1.807, 2.05) is 6.07 Å². The molecular formula is C17H17BrClN3O3S2. The Hall–Kier alpha value is -1.23. The Morgan fingerprint density at radius 2 is 2.33 bits per heavy atom. The van der Waals surface area contributed by atoms with Gasteiger partial charge in [0, 0.05) is 30.1 Å². The molecular weight excluding hydrogens is 474 g/mol. The molecule has 1 fully saturated rings. The van der Waals surface area contributed by atoms with Gasteiger partial charge in [0.25, 0.3) is 6.47 Å². The predicted octanol–water partition coefficient (Wildman–Crippen LogP) is 4.88. The van der Waals surface area contributed by atoms with Gasteiger partial charge in [-0.25, -0.2) is 4.98 Å². The van der Waals surface area contributed by atoms with Crippen molar-refractivity contribution in [2.24, 2.45) is 5.73 Å². The third-order valence-corrected chi connectivity index (χ3v) is 7.42. The molecule has 3 aromatic heterocycles. The summed E-state index contributed by atoms with van der Waals surface area (Å²) in [6, 6.07) is 6.06. The fraction of sp³-hybridized carbons (Fsp3) is 0.294. The molecule has 0 aliphatic carbocycles. The van der Waals surface area contributed by atoms with Crippen LogP contribution in [0, 0.1) is 0 Å². The van der Waals surface area contributed by atoms with E-state index in [4.69, 9.17) is 32.0 Å². The number of nitrogens with one attached hydrogen (secondary N) is 1. The third-order valence-electron chi connectivity index (χ3n) is 4.01. The van der Waals surface area contributed by atoms with Crippen molar-refractivity contribution < 1.29 is 14.6 Å². The molecule has 144 valence electrons. The first kappa shape index (κ1) is 20.5. The molecule has 27 heavy (non-hydrogen) atoms. The second-order valence-electron chi connectivity index (χ2n) is 5.73. The number of thiophene rings is 2. The molecule has 0 aromatic carbocycles. The highest BCUT2D eigenvalue weighted by molar-refractivity contribution is 9.10. The van der Waals surface area contributed by atoms with E-state index in [9.17, 15) is 0 Å². The van der Waals surface area contributed by atoms with Gasteiger partial charge < -0.3 is 20.9 Å². The summed E-state index contributed by atoms with van der Waals surface area (Å²) in [5, 5.41) is 12.9. The van der Waals surface area contributed by atoms with Crippen LogP contribution in [0.1, 0.15) is 22.3 Å². The average Bonchev–Trinajstić information content (AvgIpc) is 3.36. The van der Waals surface area contributed by atoms with E-state index in [2.05, 4.69) is 43.7 Å². The first-order chi connectivity index (χ1) is 13.0. The number of hydrogen-bond acceptors (Lipinski definition) is 7. The Morgan fingerprint density at radius 3 is 2.96 bits per heavy atom. The van der Waals surface area contributed by atoms with E-state index in [0.29, 0.717) is 11.8 Å². The summed E-state index contributed by atoms with van der Waals surface area (Å²) in [5.41, 5.74) is 8.04. The molecule has 0 spiro atoms. The third kappa shape index (κ3) is 4.61. The number of fused-ring (bicyclic) bond motifs is 1. The van der Waals surface area contributed by atoms with E-state index >= 15 is 0 Å². The molecule has 10 heteroatoms. The molecule has 2 atom stereocenters. The quantitative estimate of drug-likeness (QED) is 0.356. The number of aromatic nitrogens is 1. The number of carboxylic acid groups (broad SMARTS) is 1. The lowest BCUT2D eigenvalue weighted by Crippen LogP contribution is -2.22. The van der Waals surface area contributed by atoms with Crippen molar-refractivity contribution in [1.82, 2.24) is 4.98 Å². The van der Waals surface area contributed by atoms with Crippen LogP contribution >= 0.6 is 50.2 Å². The van der Waals surface area contributed by atoms with Gasteiger partial charge in [-0.15, -0.1) is 22.7 Å². The normalized spacial score (nSPS) is 18.9. The van der Waals surface area contributed by atoms with Crippen molar-refractivity contribution in [2.75, 3.05) is 11.9 Å². The fourth-order valence-electron chi connectivity index (χ4n) is 2.81. The van der Waals surface area contributed by atoms with Gasteiger partial charge in [-0.1, -0.05) is 17.7 Å². The molecule has 0 saturated carbocycles. The van der Waals surface area contributed by atoms with Crippen LogP contribution in [-0.2, 0) is 16.1 Å². The maximum absolute atomic E-state index is 8.36. The largest absolute Gasteiger partial charge is 0.483 e. The molecule has 4 rings (SSSR count). The minimum Gasteiger partial charge on any atom is -0.483 e. The Labute approximate surface area is 177 Å². The Kier molecular flexibility index (Phi) is 7.07. The molecule has 0 unspecified atom stereocenters. The van der Waals surface area contributed by atoms with Crippen LogP contribution in [-0.4, -0.2) is 29.2 Å². The lowest BCUT2D eigenvalue weighted by molar-refractivity contribution is -0.122. The van der Waals surface area contributed by atoms with E-state index in [1.165, 1.54) is 4.88 Å². The van der Waals surface area contributed by atoms with Crippen LogP contribution in [0.15, 0.2) is 28.1 Å². The summed E-state index contributed by atoms with van der Waals surface area (Å²) in [4.78, 5) is 15.2. The van der Waals surface area contributed by atoms with Gasteiger partial charge in [0.15, 0.2) is 0 Å². The van der Waals surface area contributed by atoms with Crippen molar-refractivity contribution >= 4 is 72.6 Å². The first-order valence-corrected chi connectivity index (χ1v) is 10.9. The van der Waals surface area contributed by atoms with Gasteiger partial charge in [-0.05, 0) is 33.8 Å². The van der Waals surface area contributed by atoms with Gasteiger partial charge in [0.05, 0.1) is 25.3 Å². The van der Waals surface area contributed by atoms with Gasteiger partial charge in [0.1, 0.15) is 11.3 Å². The molecule has 6 nitrogen and oxygen atoms in total. The highest BCUT2D eigenvalue weighted by atomic mass is 79.9. The van der Waals surface area contributed by atoms with Crippen LogP contribution in [0.2, 0.25) is 5.15 Å². The molecule has 1 saturated heterocycles. The van der Waals surface area contributed by atoms with Crippen LogP contribution in [0.4, 0.5) is 5.69 Å². The summed E-state index contributed by atoms with van der Waals surface area (Å²) < 4.78 is 7.83. The number of nitrogens with two attached hydrogens (primary N) is 1. The van der Waals surface area contributed by atoms with Gasteiger partial charge in [-0.2, -0.15) is 0 Å². The van der Waals surface area contributed by atoms with Crippen molar-refractivity contribution in [2.45, 2.75) is 25.1 Å². The number of carbonyl (C=O) groups is 1. The van der Waals surface area contributed by atoms with E-state index in [0.717, 1.165) is 38.2 Å². The summed E-state index contributed by atoms with van der Waals surface area (Å²) >= 11 is 13.3. The van der Waals surface area contributed by atoms with Gasteiger partial charge in [0.2, 0.25) is 0 Å². The lowest BCUT2D eigenvalue weighted by atomic mass is 10.1. The highest BCUT2D eigenvalue weighted by Gasteiger charge is 2.31. The molecule has 0 bridgehead atoms. The summed E-state index contributed by atoms with van der Waals surface area (Å²) in [5.74, 6) is 0. The number of halogens is 2. The maximum atomic E-state index is 8.36. The molecule has 4 heterocycles. The molecule has 3 aromatic rings.